The smallest absolute Gasteiger partial charge is 0.264 e. The third kappa shape index (κ3) is 3.17. The Hall–Kier alpha value is -2.30. The van der Waals surface area contributed by atoms with E-state index in [0.717, 1.165) is 0 Å². The van der Waals surface area contributed by atoms with Crippen molar-refractivity contribution in [3.63, 3.8) is 0 Å². The van der Waals surface area contributed by atoms with Gasteiger partial charge in [0.1, 0.15) is 0 Å². The number of sulfonamides is 1. The van der Waals surface area contributed by atoms with Gasteiger partial charge in [-0.2, -0.15) is 0 Å². The highest BCUT2D eigenvalue weighted by Crippen LogP contribution is 2.19. The Morgan fingerprint density at radius 1 is 1.45 bits per heavy atom. The second-order valence-corrected chi connectivity index (χ2v) is 5.68. The summed E-state index contributed by atoms with van der Waals surface area (Å²) in [6, 6.07) is 4.98. The van der Waals surface area contributed by atoms with Gasteiger partial charge < -0.3 is 10.7 Å². The minimum absolute atomic E-state index is 0.165. The van der Waals surface area contributed by atoms with Crippen LogP contribution >= 0.6 is 0 Å². The lowest BCUT2D eigenvalue weighted by Crippen LogP contribution is -2.15. The summed E-state index contributed by atoms with van der Waals surface area (Å²) in [5.41, 5.74) is 6.53. The van der Waals surface area contributed by atoms with Crippen molar-refractivity contribution in [1.82, 2.24) is 9.97 Å². The van der Waals surface area contributed by atoms with E-state index in [1.54, 1.807) is 19.1 Å². The molecule has 0 saturated heterocycles. The van der Waals surface area contributed by atoms with Crippen LogP contribution in [0.2, 0.25) is 0 Å². The molecule has 0 aliphatic carbocycles. The normalized spacial score (nSPS) is 10.7. The molecule has 0 atom stereocenters. The van der Waals surface area contributed by atoms with Gasteiger partial charge in [-0.15, -0.1) is 0 Å². The molecule has 0 aliphatic heterocycles. The first-order chi connectivity index (χ1) is 9.53. The van der Waals surface area contributed by atoms with Gasteiger partial charge in [-0.3, -0.25) is 0 Å². The number of benzene rings is 1. The largest absolute Gasteiger partial charge is 0.330 e. The van der Waals surface area contributed by atoms with Gasteiger partial charge in [0.2, 0.25) is 5.95 Å². The number of aromatic nitrogens is 2. The molecule has 0 radical (unpaired) electrons. The molecule has 104 valence electrons. The van der Waals surface area contributed by atoms with Crippen LogP contribution in [0.1, 0.15) is 11.1 Å². The molecule has 7 heteroatoms. The van der Waals surface area contributed by atoms with Gasteiger partial charge in [0.15, 0.2) is 0 Å². The quantitative estimate of drug-likeness (QED) is 0.729. The second kappa shape index (κ2) is 5.77. The summed E-state index contributed by atoms with van der Waals surface area (Å²) in [6.45, 7) is 1.94. The number of aromatic amines is 1. The predicted octanol–water partition coefficient (Wildman–Crippen LogP) is 0.829. The van der Waals surface area contributed by atoms with E-state index < -0.39 is 10.0 Å². The lowest BCUT2D eigenvalue weighted by Gasteiger charge is -2.08. The highest BCUT2D eigenvalue weighted by molar-refractivity contribution is 7.92. The molecule has 1 aromatic heterocycles. The number of aryl methyl sites for hydroxylation is 1. The monoisotopic (exact) mass is 290 g/mol. The summed E-state index contributed by atoms with van der Waals surface area (Å²) >= 11 is 0. The molecule has 2 aromatic rings. The van der Waals surface area contributed by atoms with Crippen molar-refractivity contribution in [3.8, 4) is 11.8 Å². The van der Waals surface area contributed by atoms with Crippen LogP contribution in [0.25, 0.3) is 0 Å². The molecule has 20 heavy (non-hydrogen) atoms. The van der Waals surface area contributed by atoms with E-state index >= 15 is 0 Å². The van der Waals surface area contributed by atoms with Crippen LogP contribution in [0.15, 0.2) is 35.5 Å². The molecule has 4 N–H and O–H groups in total. The summed E-state index contributed by atoms with van der Waals surface area (Å²) < 4.78 is 27.0. The first-order valence-electron chi connectivity index (χ1n) is 5.85. The van der Waals surface area contributed by atoms with E-state index in [-0.39, 0.29) is 17.4 Å². The Morgan fingerprint density at radius 2 is 2.25 bits per heavy atom. The van der Waals surface area contributed by atoms with Crippen LogP contribution in [-0.4, -0.2) is 24.9 Å². The zero-order valence-electron chi connectivity index (χ0n) is 10.8. The minimum Gasteiger partial charge on any atom is -0.330 e. The Kier molecular flexibility index (Phi) is 4.08. The molecule has 1 aromatic carbocycles. The van der Waals surface area contributed by atoms with Gasteiger partial charge in [-0.1, -0.05) is 17.9 Å². The lowest BCUT2D eigenvalue weighted by atomic mass is 10.1. The van der Waals surface area contributed by atoms with Gasteiger partial charge in [-0.25, -0.2) is 18.1 Å². The second-order valence-electron chi connectivity index (χ2n) is 4.03. The Morgan fingerprint density at radius 3 is 2.90 bits per heavy atom. The molecule has 0 spiro atoms. The van der Waals surface area contributed by atoms with E-state index in [1.807, 2.05) is 0 Å². The van der Waals surface area contributed by atoms with E-state index in [0.29, 0.717) is 11.1 Å². The summed E-state index contributed by atoms with van der Waals surface area (Å²) in [5.74, 6) is 5.67. The zero-order chi connectivity index (χ0) is 14.6. The lowest BCUT2D eigenvalue weighted by molar-refractivity contribution is 0.600. The highest BCUT2D eigenvalue weighted by Gasteiger charge is 2.18. The molecule has 2 rings (SSSR count). The number of hydrogen-bond acceptors (Lipinski definition) is 4. The van der Waals surface area contributed by atoms with Gasteiger partial charge in [-0.05, 0) is 24.6 Å². The van der Waals surface area contributed by atoms with Crippen LogP contribution in [0, 0.1) is 18.8 Å². The van der Waals surface area contributed by atoms with Gasteiger partial charge in [0.05, 0.1) is 11.4 Å². The number of imidazole rings is 1. The number of nitrogens with zero attached hydrogens (tertiary/aromatic N) is 1. The van der Waals surface area contributed by atoms with Gasteiger partial charge in [0, 0.05) is 18.0 Å². The molecule has 0 saturated carbocycles. The third-order valence-electron chi connectivity index (χ3n) is 2.54. The first-order valence-corrected chi connectivity index (χ1v) is 7.33. The van der Waals surface area contributed by atoms with Crippen molar-refractivity contribution >= 4 is 16.0 Å². The topological polar surface area (TPSA) is 101 Å². The van der Waals surface area contributed by atoms with E-state index in [4.69, 9.17) is 5.73 Å². The number of hydrogen-bond donors (Lipinski definition) is 3. The van der Waals surface area contributed by atoms with Crippen molar-refractivity contribution in [1.29, 1.82) is 0 Å². The Bertz CT molecular complexity index is 755. The standard InChI is InChI=1S/C13H14N4O2S/c1-10-4-5-11(3-2-6-14)9-12(10)20(18,19)17-13-15-7-8-16-13/h4-5,7-9H,6,14H2,1H3,(H2,15,16,17). The molecular weight excluding hydrogens is 276 g/mol. The van der Waals surface area contributed by atoms with Crippen molar-refractivity contribution in [2.24, 2.45) is 5.73 Å². The van der Waals surface area contributed by atoms with Crippen molar-refractivity contribution in [3.05, 3.63) is 41.7 Å². The molecule has 6 nitrogen and oxygen atoms in total. The zero-order valence-corrected chi connectivity index (χ0v) is 11.7. The van der Waals surface area contributed by atoms with Crippen LogP contribution in [0.4, 0.5) is 5.95 Å². The number of anilines is 1. The average Bonchev–Trinajstić information content (AvgIpc) is 2.89. The SMILES string of the molecule is Cc1ccc(C#CCN)cc1S(=O)(=O)Nc1ncc[nH]1. The van der Waals surface area contributed by atoms with Crippen molar-refractivity contribution in [2.75, 3.05) is 11.3 Å². The van der Waals surface area contributed by atoms with Crippen LogP contribution in [0.5, 0.6) is 0 Å². The van der Waals surface area contributed by atoms with E-state index in [1.165, 1.54) is 18.5 Å². The fourth-order valence-electron chi connectivity index (χ4n) is 1.62. The summed E-state index contributed by atoms with van der Waals surface area (Å²) in [5, 5.41) is 0. The van der Waals surface area contributed by atoms with Gasteiger partial charge >= 0.3 is 0 Å². The Labute approximate surface area is 117 Å². The molecule has 0 bridgehead atoms. The molecule has 1 heterocycles. The number of H-pyrrole nitrogens is 1. The van der Waals surface area contributed by atoms with Gasteiger partial charge in [0.25, 0.3) is 10.0 Å². The van der Waals surface area contributed by atoms with E-state index in [2.05, 4.69) is 26.5 Å². The fraction of sp³-hybridized carbons (Fsp3) is 0.154. The maximum atomic E-state index is 12.3. The highest BCUT2D eigenvalue weighted by atomic mass is 32.2. The first kappa shape index (κ1) is 14.1. The molecule has 0 amide bonds. The van der Waals surface area contributed by atoms with Crippen molar-refractivity contribution in [2.45, 2.75) is 11.8 Å². The third-order valence-corrected chi connectivity index (χ3v) is 4.02. The van der Waals surface area contributed by atoms with Crippen LogP contribution in [-0.2, 0) is 10.0 Å². The number of rotatable bonds is 3. The summed E-state index contributed by atoms with van der Waals surface area (Å²) in [7, 11) is -3.70. The number of nitrogens with one attached hydrogen (secondary N) is 2. The predicted molar refractivity (Wildman–Crippen MR) is 76.5 cm³/mol. The minimum atomic E-state index is -3.70. The fourth-order valence-corrected chi connectivity index (χ4v) is 2.87. The molecule has 0 unspecified atom stereocenters. The van der Waals surface area contributed by atoms with Crippen LogP contribution in [0.3, 0.4) is 0 Å². The maximum absolute atomic E-state index is 12.3. The van der Waals surface area contributed by atoms with Crippen molar-refractivity contribution < 1.29 is 8.42 Å². The van der Waals surface area contributed by atoms with E-state index in [9.17, 15) is 8.42 Å². The maximum Gasteiger partial charge on any atom is 0.264 e. The van der Waals surface area contributed by atoms with Crippen LogP contribution < -0.4 is 10.5 Å². The Balaban J connectivity index is 2.40. The summed E-state index contributed by atoms with van der Waals surface area (Å²) in [6.07, 6.45) is 3.00. The molecular formula is C13H14N4O2S. The molecule has 0 fully saturated rings. The summed E-state index contributed by atoms with van der Waals surface area (Å²) in [4.78, 5) is 6.69. The molecule has 0 aliphatic rings. The number of nitrogens with two attached hydrogens (primary N) is 1. The average molecular weight is 290 g/mol.